The molecule has 0 spiro atoms. The van der Waals surface area contributed by atoms with Crippen molar-refractivity contribution < 1.29 is 18.8 Å². The van der Waals surface area contributed by atoms with Crippen LogP contribution in [0.2, 0.25) is 0 Å². The molecule has 0 N–H and O–H groups in total. The lowest BCUT2D eigenvalue weighted by atomic mass is 9.89. The van der Waals surface area contributed by atoms with Crippen molar-refractivity contribution in [2.75, 3.05) is 26.2 Å². The third kappa shape index (κ3) is 6.34. The third-order valence-corrected chi connectivity index (χ3v) is 6.13. The smallest absolute Gasteiger partial charge is 0.444 e. The zero-order valence-electron chi connectivity index (χ0n) is 20.1. The lowest BCUT2D eigenvalue weighted by Gasteiger charge is -2.35. The molecule has 0 aromatic heterocycles. The first-order valence-electron chi connectivity index (χ1n) is 11.2. The Kier molecular flexibility index (Phi) is 6.89. The van der Waals surface area contributed by atoms with Crippen molar-refractivity contribution in [1.82, 2.24) is 9.80 Å². The minimum absolute atomic E-state index is 0.217. The molecule has 0 atom stereocenters. The van der Waals surface area contributed by atoms with Crippen LogP contribution in [-0.2, 0) is 20.6 Å². The fourth-order valence-corrected chi connectivity index (χ4v) is 3.56. The van der Waals surface area contributed by atoms with Crippen LogP contribution in [0.3, 0.4) is 0 Å². The molecule has 0 saturated carbocycles. The number of hydrogen-bond acceptors (Lipinski definition) is 5. The summed E-state index contributed by atoms with van der Waals surface area (Å²) in [6.45, 7) is 17.9. The largest absolute Gasteiger partial charge is 0.487 e. The van der Waals surface area contributed by atoms with E-state index in [-0.39, 0.29) is 24.4 Å². The van der Waals surface area contributed by atoms with Gasteiger partial charge in [0.15, 0.2) is 0 Å². The van der Waals surface area contributed by atoms with E-state index in [2.05, 4.69) is 56.9 Å². The number of carbonyl (C=O) groups is 1. The number of carbonyl (C=O) groups excluding carboxylic acids is 1. The first kappa shape index (κ1) is 23.8. The Morgan fingerprint density at radius 3 is 2.10 bits per heavy atom. The summed E-state index contributed by atoms with van der Waals surface area (Å²) in [4.78, 5) is 16.4. The molecule has 6 nitrogen and oxygen atoms in total. The van der Waals surface area contributed by atoms with Crippen LogP contribution >= 0.6 is 0 Å². The van der Waals surface area contributed by atoms with Crippen LogP contribution in [-0.4, -0.2) is 66.0 Å². The van der Waals surface area contributed by atoms with E-state index in [9.17, 15) is 4.79 Å². The van der Waals surface area contributed by atoms with E-state index in [0.717, 1.165) is 25.2 Å². The van der Waals surface area contributed by atoms with Gasteiger partial charge < -0.3 is 18.9 Å². The summed E-state index contributed by atoms with van der Waals surface area (Å²) in [6.07, 6.45) is 1.83. The number of hydrogen-bond donors (Lipinski definition) is 0. The van der Waals surface area contributed by atoms with Crippen LogP contribution in [0, 0.1) is 0 Å². The molecule has 1 amide bonds. The van der Waals surface area contributed by atoms with Gasteiger partial charge in [-0.05, 0) is 59.6 Å². The van der Waals surface area contributed by atoms with E-state index < -0.39 is 5.60 Å². The average Bonchev–Trinajstić information content (AvgIpc) is 2.87. The van der Waals surface area contributed by atoms with Gasteiger partial charge in [0.2, 0.25) is 0 Å². The Balaban J connectivity index is 1.47. The Labute approximate surface area is 187 Å². The summed E-state index contributed by atoms with van der Waals surface area (Å²) in [5.41, 5.74) is 1.29. The van der Waals surface area contributed by atoms with Crippen molar-refractivity contribution in [3.8, 4) is 0 Å². The fourth-order valence-electron chi connectivity index (χ4n) is 3.56. The van der Waals surface area contributed by atoms with Crippen LogP contribution in [0.5, 0.6) is 0 Å². The van der Waals surface area contributed by atoms with Crippen molar-refractivity contribution in [2.45, 2.75) is 71.8 Å². The second-order valence-corrected chi connectivity index (χ2v) is 10.5. The lowest BCUT2D eigenvalue weighted by molar-refractivity contribution is 0.00578. The van der Waals surface area contributed by atoms with Crippen LogP contribution in [0.25, 0.3) is 6.08 Å². The van der Waals surface area contributed by atoms with Crippen LogP contribution in [0.1, 0.15) is 59.6 Å². The summed E-state index contributed by atoms with van der Waals surface area (Å²) in [5.74, 6) is 1.97. The standard InChI is InChI=1S/C24H37BN2O4/c1-22(2,3)29-21(28)27-16-14-26(15-17-27)18-20-10-8-19(9-11-20)12-13-25-30-23(4,5)24(6,7)31-25/h8-13H,14-18H2,1-7H3. The predicted octanol–water partition coefficient (Wildman–Crippen LogP) is 4.38. The van der Waals surface area contributed by atoms with Gasteiger partial charge in [-0.15, -0.1) is 0 Å². The Morgan fingerprint density at radius 2 is 1.58 bits per heavy atom. The second kappa shape index (κ2) is 8.97. The number of piperazine rings is 1. The lowest BCUT2D eigenvalue weighted by Crippen LogP contribution is -2.49. The van der Waals surface area contributed by atoms with E-state index in [1.807, 2.05) is 32.8 Å². The normalized spacial score (nSPS) is 21.6. The predicted molar refractivity (Wildman–Crippen MR) is 125 cm³/mol. The molecule has 0 unspecified atom stereocenters. The maximum Gasteiger partial charge on any atom is 0.487 e. The molecule has 2 saturated heterocycles. The molecule has 7 heteroatoms. The van der Waals surface area contributed by atoms with Crippen LogP contribution < -0.4 is 0 Å². The van der Waals surface area contributed by atoms with Gasteiger partial charge in [0.1, 0.15) is 5.60 Å². The molecule has 1 aromatic rings. The molecule has 0 aliphatic carbocycles. The Bertz CT molecular complexity index is 775. The van der Waals surface area contributed by atoms with E-state index >= 15 is 0 Å². The van der Waals surface area contributed by atoms with Crippen molar-refractivity contribution in [3.63, 3.8) is 0 Å². The molecule has 31 heavy (non-hydrogen) atoms. The maximum absolute atomic E-state index is 12.2. The van der Waals surface area contributed by atoms with Gasteiger partial charge in [-0.3, -0.25) is 4.90 Å². The summed E-state index contributed by atoms with van der Waals surface area (Å²) < 4.78 is 17.5. The zero-order chi connectivity index (χ0) is 22.9. The van der Waals surface area contributed by atoms with Gasteiger partial charge >= 0.3 is 13.2 Å². The van der Waals surface area contributed by atoms with E-state index in [4.69, 9.17) is 14.0 Å². The quantitative estimate of drug-likeness (QED) is 0.666. The van der Waals surface area contributed by atoms with Gasteiger partial charge in [-0.2, -0.15) is 0 Å². The van der Waals surface area contributed by atoms with E-state index in [1.54, 1.807) is 4.90 Å². The first-order valence-corrected chi connectivity index (χ1v) is 11.2. The number of nitrogens with zero attached hydrogens (tertiary/aromatic N) is 2. The van der Waals surface area contributed by atoms with Crippen LogP contribution in [0.4, 0.5) is 4.79 Å². The molecule has 3 rings (SSSR count). The van der Waals surface area contributed by atoms with Gasteiger partial charge in [-0.1, -0.05) is 36.3 Å². The first-order chi connectivity index (χ1) is 14.3. The van der Waals surface area contributed by atoms with Crippen molar-refractivity contribution in [3.05, 3.63) is 41.4 Å². The summed E-state index contributed by atoms with van der Waals surface area (Å²) in [7, 11) is -0.328. The molecule has 0 bridgehead atoms. The molecule has 170 valence electrons. The minimum Gasteiger partial charge on any atom is -0.444 e. The minimum atomic E-state index is -0.452. The average molecular weight is 428 g/mol. The molecule has 2 aliphatic rings. The molecule has 2 aliphatic heterocycles. The summed E-state index contributed by atoms with van der Waals surface area (Å²) >= 11 is 0. The number of benzene rings is 1. The highest BCUT2D eigenvalue weighted by Crippen LogP contribution is 2.37. The Morgan fingerprint density at radius 1 is 1.03 bits per heavy atom. The molecular weight excluding hydrogens is 391 g/mol. The highest BCUT2D eigenvalue weighted by Gasteiger charge is 2.50. The molecule has 1 aromatic carbocycles. The fraction of sp³-hybridized carbons (Fsp3) is 0.625. The number of rotatable bonds is 4. The summed E-state index contributed by atoms with van der Waals surface area (Å²) in [5, 5.41) is 0. The van der Waals surface area contributed by atoms with Gasteiger partial charge in [0.05, 0.1) is 11.2 Å². The molecule has 0 radical (unpaired) electrons. The van der Waals surface area contributed by atoms with Gasteiger partial charge in [0.25, 0.3) is 0 Å². The number of amides is 1. The highest BCUT2D eigenvalue weighted by atomic mass is 16.7. The molecular formula is C24H37BN2O4. The van der Waals surface area contributed by atoms with Crippen molar-refractivity contribution >= 4 is 19.3 Å². The van der Waals surface area contributed by atoms with Gasteiger partial charge in [0, 0.05) is 32.7 Å². The SMILES string of the molecule is CC(C)(C)OC(=O)N1CCN(Cc2ccc(C=CB3OC(C)(C)C(C)(C)O3)cc2)CC1. The molecule has 2 fully saturated rings. The van der Waals surface area contributed by atoms with Crippen LogP contribution in [0.15, 0.2) is 30.2 Å². The second-order valence-electron chi connectivity index (χ2n) is 10.5. The van der Waals surface area contributed by atoms with E-state index in [1.165, 1.54) is 5.56 Å². The monoisotopic (exact) mass is 428 g/mol. The zero-order valence-corrected chi connectivity index (χ0v) is 20.1. The summed E-state index contributed by atoms with van der Waals surface area (Å²) in [6, 6.07) is 8.55. The topological polar surface area (TPSA) is 51.2 Å². The van der Waals surface area contributed by atoms with E-state index in [0.29, 0.717) is 13.1 Å². The highest BCUT2D eigenvalue weighted by molar-refractivity contribution is 6.52. The van der Waals surface area contributed by atoms with Gasteiger partial charge in [-0.25, -0.2) is 4.79 Å². The van der Waals surface area contributed by atoms with Crippen molar-refractivity contribution in [2.24, 2.45) is 0 Å². The Hall–Kier alpha value is -1.83. The third-order valence-electron chi connectivity index (χ3n) is 6.13. The van der Waals surface area contributed by atoms with Crippen molar-refractivity contribution in [1.29, 1.82) is 0 Å². The number of ether oxygens (including phenoxy) is 1. The molecule has 2 heterocycles. The maximum atomic E-state index is 12.2.